The Kier molecular flexibility index (Phi) is 5.43. The van der Waals surface area contributed by atoms with Gasteiger partial charge in [0.25, 0.3) is 0 Å². The van der Waals surface area contributed by atoms with Crippen molar-refractivity contribution < 1.29 is 43.5 Å². The number of hydrogen-bond donors (Lipinski definition) is 2. The third kappa shape index (κ3) is 3.65. The molecule has 1 heterocycles. The summed E-state index contributed by atoms with van der Waals surface area (Å²) < 4.78 is 18.9. The largest absolute Gasteiger partial charge is 0.467 e. The Morgan fingerprint density at radius 2 is 1.50 bits per heavy atom. The van der Waals surface area contributed by atoms with Gasteiger partial charge in [0.1, 0.15) is 6.10 Å². The number of esters is 3. The van der Waals surface area contributed by atoms with E-state index in [1.165, 1.54) is 0 Å². The molecule has 0 aromatic heterocycles. The van der Waals surface area contributed by atoms with Crippen LogP contribution >= 0.6 is 0 Å². The Morgan fingerprint density at radius 3 is 1.95 bits per heavy atom. The molecule has 114 valence electrons. The normalized spacial score (nSPS) is 33.1. The van der Waals surface area contributed by atoms with Gasteiger partial charge in [-0.05, 0) is 0 Å². The van der Waals surface area contributed by atoms with Crippen molar-refractivity contribution in [1.29, 1.82) is 0 Å². The van der Waals surface area contributed by atoms with Crippen LogP contribution in [0.4, 0.5) is 0 Å². The fraction of sp³-hybridized carbons (Fsp3) is 0.727. The van der Waals surface area contributed by atoms with Crippen LogP contribution in [0.25, 0.3) is 0 Å². The van der Waals surface area contributed by atoms with Gasteiger partial charge in [-0.25, -0.2) is 4.79 Å². The predicted molar refractivity (Wildman–Crippen MR) is 60.0 cm³/mol. The molecule has 1 saturated heterocycles. The average molecular weight is 292 g/mol. The van der Waals surface area contributed by atoms with Gasteiger partial charge in [0.15, 0.2) is 24.6 Å². The molecule has 1 aliphatic rings. The van der Waals surface area contributed by atoms with E-state index in [2.05, 4.69) is 4.74 Å². The van der Waals surface area contributed by atoms with Crippen molar-refractivity contribution in [2.75, 3.05) is 7.11 Å². The van der Waals surface area contributed by atoms with Crippen LogP contribution < -0.4 is 0 Å². The summed E-state index contributed by atoms with van der Waals surface area (Å²) in [5.41, 5.74) is 0. The molecule has 1 aliphatic heterocycles. The third-order valence-corrected chi connectivity index (χ3v) is 2.57. The lowest BCUT2D eigenvalue weighted by atomic mass is 9.98. The zero-order chi connectivity index (χ0) is 15.4. The minimum absolute atomic E-state index is 0.784. The lowest BCUT2D eigenvalue weighted by molar-refractivity contribution is -0.286. The number of methoxy groups -OCH3 is 1. The predicted octanol–water partition coefficient (Wildman–Crippen LogP) is -1.90. The Morgan fingerprint density at radius 1 is 1.00 bits per heavy atom. The molecule has 9 nitrogen and oxygen atoms in total. The number of rotatable bonds is 3. The van der Waals surface area contributed by atoms with Crippen LogP contribution in [0.3, 0.4) is 0 Å². The quantitative estimate of drug-likeness (QED) is 0.452. The van der Waals surface area contributed by atoms with Crippen molar-refractivity contribution in [2.24, 2.45) is 0 Å². The summed E-state index contributed by atoms with van der Waals surface area (Å²) in [6, 6.07) is 0. The molecule has 2 N–H and O–H groups in total. The molecule has 0 radical (unpaired) electrons. The van der Waals surface area contributed by atoms with E-state index in [1.54, 1.807) is 0 Å². The molecule has 5 atom stereocenters. The van der Waals surface area contributed by atoms with E-state index in [0.29, 0.717) is 0 Å². The van der Waals surface area contributed by atoms with Gasteiger partial charge in [0.05, 0.1) is 7.11 Å². The van der Waals surface area contributed by atoms with Crippen LogP contribution in [-0.4, -0.2) is 65.9 Å². The van der Waals surface area contributed by atoms with Crippen molar-refractivity contribution in [3.8, 4) is 0 Å². The maximum Gasteiger partial charge on any atom is 0.339 e. The van der Waals surface area contributed by atoms with Crippen LogP contribution in [0.1, 0.15) is 13.8 Å². The van der Waals surface area contributed by atoms with E-state index in [4.69, 9.17) is 14.2 Å². The van der Waals surface area contributed by atoms with Gasteiger partial charge in [-0.3, -0.25) is 9.59 Å². The summed E-state index contributed by atoms with van der Waals surface area (Å²) in [6.45, 7) is 2.13. The molecule has 0 amide bonds. The zero-order valence-corrected chi connectivity index (χ0v) is 11.1. The molecule has 1 rings (SSSR count). The van der Waals surface area contributed by atoms with E-state index in [1.807, 2.05) is 0 Å². The van der Waals surface area contributed by atoms with Crippen molar-refractivity contribution in [3.05, 3.63) is 0 Å². The fourth-order valence-electron chi connectivity index (χ4n) is 1.79. The molecule has 0 aromatic rings. The van der Waals surface area contributed by atoms with Gasteiger partial charge < -0.3 is 29.2 Å². The summed E-state index contributed by atoms with van der Waals surface area (Å²) in [5.74, 6) is -2.52. The van der Waals surface area contributed by atoms with Crippen LogP contribution in [0.5, 0.6) is 0 Å². The fourth-order valence-corrected chi connectivity index (χ4v) is 1.79. The first-order valence-electron chi connectivity index (χ1n) is 5.71. The van der Waals surface area contributed by atoms with Crippen LogP contribution in [0.15, 0.2) is 0 Å². The zero-order valence-electron chi connectivity index (χ0n) is 11.1. The summed E-state index contributed by atoms with van der Waals surface area (Å²) in [6.07, 6.45) is -7.88. The second-order valence-corrected chi connectivity index (χ2v) is 4.11. The monoisotopic (exact) mass is 292 g/mol. The molecular formula is C11H16O9. The third-order valence-electron chi connectivity index (χ3n) is 2.57. The van der Waals surface area contributed by atoms with Gasteiger partial charge in [0.2, 0.25) is 0 Å². The standard InChI is InChI=1S/C11H16O9/c1-4(12)18-7-6(14)10(15)20-9(11(16)17-3)8(7)19-5(2)13/h6-10,14-15H,1-3H3/t6?,7?,8-,9?,10?/m0/s1. The first-order chi connectivity index (χ1) is 9.27. The summed E-state index contributed by atoms with van der Waals surface area (Å²) in [4.78, 5) is 33.7. The smallest absolute Gasteiger partial charge is 0.339 e. The van der Waals surface area contributed by atoms with E-state index in [9.17, 15) is 24.6 Å². The number of hydrogen-bond acceptors (Lipinski definition) is 9. The summed E-state index contributed by atoms with van der Waals surface area (Å²) in [5, 5.41) is 19.3. The summed E-state index contributed by atoms with van der Waals surface area (Å²) >= 11 is 0. The molecule has 0 saturated carbocycles. The topological polar surface area (TPSA) is 129 Å². The van der Waals surface area contributed by atoms with E-state index in [0.717, 1.165) is 21.0 Å². The first kappa shape index (κ1) is 16.3. The van der Waals surface area contributed by atoms with E-state index < -0.39 is 48.6 Å². The number of carbonyl (C=O) groups is 3. The molecule has 4 unspecified atom stereocenters. The van der Waals surface area contributed by atoms with Crippen molar-refractivity contribution in [1.82, 2.24) is 0 Å². The van der Waals surface area contributed by atoms with Crippen LogP contribution in [0, 0.1) is 0 Å². The Bertz CT molecular complexity index is 393. The highest BCUT2D eigenvalue weighted by atomic mass is 16.7. The minimum Gasteiger partial charge on any atom is -0.467 e. The SMILES string of the molecule is COC(=O)C1OC(O)C(O)C(OC(C)=O)[C@@H]1OC(C)=O. The maximum atomic E-state index is 11.6. The first-order valence-corrected chi connectivity index (χ1v) is 5.71. The van der Waals surface area contributed by atoms with Crippen LogP contribution in [0.2, 0.25) is 0 Å². The van der Waals surface area contributed by atoms with Gasteiger partial charge in [-0.2, -0.15) is 0 Å². The molecule has 0 aromatic carbocycles. The second kappa shape index (κ2) is 6.64. The van der Waals surface area contributed by atoms with Gasteiger partial charge in [-0.1, -0.05) is 0 Å². The lowest BCUT2D eigenvalue weighted by Crippen LogP contribution is -2.62. The molecular weight excluding hydrogens is 276 g/mol. The number of ether oxygens (including phenoxy) is 4. The van der Waals surface area contributed by atoms with Gasteiger partial charge in [0, 0.05) is 13.8 Å². The Hall–Kier alpha value is -1.71. The molecule has 1 fully saturated rings. The highest BCUT2D eigenvalue weighted by Gasteiger charge is 2.52. The van der Waals surface area contributed by atoms with Crippen LogP contribution in [-0.2, 0) is 33.3 Å². The Balaban J connectivity index is 3.07. The van der Waals surface area contributed by atoms with Crippen molar-refractivity contribution in [3.63, 3.8) is 0 Å². The average Bonchev–Trinajstić information content (AvgIpc) is 2.36. The number of aliphatic hydroxyl groups is 2. The van der Waals surface area contributed by atoms with Gasteiger partial charge >= 0.3 is 17.9 Å². The van der Waals surface area contributed by atoms with Gasteiger partial charge in [-0.15, -0.1) is 0 Å². The minimum atomic E-state index is -1.80. The molecule has 0 bridgehead atoms. The van der Waals surface area contributed by atoms with Crippen molar-refractivity contribution >= 4 is 17.9 Å². The molecule has 20 heavy (non-hydrogen) atoms. The molecule has 0 aliphatic carbocycles. The number of carbonyl (C=O) groups excluding carboxylic acids is 3. The van der Waals surface area contributed by atoms with E-state index in [-0.39, 0.29) is 0 Å². The number of aliphatic hydroxyl groups excluding tert-OH is 2. The highest BCUT2D eigenvalue weighted by molar-refractivity contribution is 5.77. The lowest BCUT2D eigenvalue weighted by Gasteiger charge is -2.40. The maximum absolute atomic E-state index is 11.6. The second-order valence-electron chi connectivity index (χ2n) is 4.11. The molecule has 0 spiro atoms. The Labute approximate surface area is 114 Å². The summed E-state index contributed by atoms with van der Waals surface area (Å²) in [7, 11) is 1.06. The van der Waals surface area contributed by atoms with E-state index >= 15 is 0 Å². The van der Waals surface area contributed by atoms with Crippen molar-refractivity contribution in [2.45, 2.75) is 44.6 Å². The molecule has 9 heteroatoms. The highest BCUT2D eigenvalue weighted by Crippen LogP contribution is 2.26.